The molecule has 1 fully saturated rings. The number of hydrogen-bond acceptors (Lipinski definition) is 4. The van der Waals surface area contributed by atoms with Gasteiger partial charge in [0, 0.05) is 19.6 Å². The van der Waals surface area contributed by atoms with Gasteiger partial charge in [-0.2, -0.15) is 0 Å². The fraction of sp³-hybridized carbons (Fsp3) is 0.409. The Morgan fingerprint density at radius 2 is 1.79 bits per heavy atom. The first-order valence-electron chi connectivity index (χ1n) is 9.98. The Balaban J connectivity index is 1.48. The smallest absolute Gasteiger partial charge is 0.356 e. The molecule has 1 aromatic heterocycles. The van der Waals surface area contributed by atoms with Gasteiger partial charge in [0.15, 0.2) is 0 Å². The Labute approximate surface area is 166 Å². The molecule has 0 saturated carbocycles. The zero-order valence-electron chi connectivity index (χ0n) is 16.5. The van der Waals surface area contributed by atoms with E-state index in [0.717, 1.165) is 56.6 Å². The van der Waals surface area contributed by atoms with Crippen molar-refractivity contribution in [1.29, 1.82) is 0 Å². The lowest BCUT2D eigenvalue weighted by Gasteiger charge is -2.25. The van der Waals surface area contributed by atoms with Crippen LogP contribution >= 0.6 is 0 Å². The highest BCUT2D eigenvalue weighted by Crippen LogP contribution is 2.17. The van der Waals surface area contributed by atoms with Crippen LogP contribution in [0.25, 0.3) is 11.0 Å². The van der Waals surface area contributed by atoms with Gasteiger partial charge < -0.3 is 9.47 Å². The molecule has 0 bridgehead atoms. The van der Waals surface area contributed by atoms with Crippen LogP contribution in [-0.2, 0) is 17.8 Å². The number of morpholine rings is 1. The number of anilines is 1. The molecule has 1 aliphatic heterocycles. The topological polar surface area (TPSA) is 56.5 Å². The maximum absolute atomic E-state index is 6.56. The van der Waals surface area contributed by atoms with E-state index in [4.69, 9.17) is 15.2 Å². The zero-order chi connectivity index (χ0) is 19.3. The van der Waals surface area contributed by atoms with Gasteiger partial charge in [-0.3, -0.25) is 10.6 Å². The molecule has 2 N–H and O–H groups in total. The fourth-order valence-corrected chi connectivity index (χ4v) is 3.74. The van der Waals surface area contributed by atoms with Crippen LogP contribution in [0.5, 0.6) is 5.75 Å². The molecule has 0 radical (unpaired) electrons. The van der Waals surface area contributed by atoms with Crippen LogP contribution in [0.2, 0.25) is 0 Å². The van der Waals surface area contributed by atoms with Crippen molar-refractivity contribution in [2.24, 2.45) is 0 Å². The summed E-state index contributed by atoms with van der Waals surface area (Å²) in [6.45, 7) is 8.83. The predicted molar refractivity (Wildman–Crippen MR) is 110 cm³/mol. The summed E-state index contributed by atoms with van der Waals surface area (Å²) >= 11 is 0. The van der Waals surface area contributed by atoms with Gasteiger partial charge in [-0.05, 0) is 31.2 Å². The predicted octanol–water partition coefficient (Wildman–Crippen LogP) is 2.23. The molecule has 6 heteroatoms. The number of rotatable bonds is 7. The summed E-state index contributed by atoms with van der Waals surface area (Å²) in [4.78, 5) is 2.43. The van der Waals surface area contributed by atoms with Gasteiger partial charge in [0.25, 0.3) is 0 Å². The molecule has 1 saturated heterocycles. The van der Waals surface area contributed by atoms with Gasteiger partial charge >= 0.3 is 5.95 Å². The SMILES string of the molecule is Cc1ccc(OCCn2c(N)[n+](CCN3CCOCC3)c3ccccc32)cc1. The Morgan fingerprint density at radius 3 is 2.57 bits per heavy atom. The number of ether oxygens (including phenoxy) is 2. The molecule has 148 valence electrons. The lowest BCUT2D eigenvalue weighted by molar-refractivity contribution is -0.657. The first kappa shape index (κ1) is 18.8. The van der Waals surface area contributed by atoms with E-state index in [1.807, 2.05) is 12.1 Å². The molecular weight excluding hydrogens is 352 g/mol. The van der Waals surface area contributed by atoms with E-state index in [1.54, 1.807) is 0 Å². The number of nitrogen functional groups attached to an aromatic ring is 1. The summed E-state index contributed by atoms with van der Waals surface area (Å²) in [6.07, 6.45) is 0. The van der Waals surface area contributed by atoms with E-state index in [1.165, 1.54) is 11.1 Å². The summed E-state index contributed by atoms with van der Waals surface area (Å²) in [5, 5.41) is 0. The van der Waals surface area contributed by atoms with E-state index in [2.05, 4.69) is 57.4 Å². The first-order valence-corrected chi connectivity index (χ1v) is 9.98. The molecule has 3 aromatic rings. The summed E-state index contributed by atoms with van der Waals surface area (Å²) in [5.41, 5.74) is 10.1. The number of fused-ring (bicyclic) bond motifs is 1. The van der Waals surface area contributed by atoms with Crippen LogP contribution in [0.3, 0.4) is 0 Å². The number of benzene rings is 2. The Kier molecular flexibility index (Phi) is 5.78. The third-order valence-electron chi connectivity index (χ3n) is 5.36. The van der Waals surface area contributed by atoms with Crippen molar-refractivity contribution in [3.8, 4) is 5.75 Å². The maximum atomic E-state index is 6.56. The van der Waals surface area contributed by atoms with Crippen LogP contribution in [0.1, 0.15) is 5.56 Å². The normalized spacial score (nSPS) is 15.2. The van der Waals surface area contributed by atoms with E-state index >= 15 is 0 Å². The summed E-state index contributed by atoms with van der Waals surface area (Å²) < 4.78 is 15.7. The molecule has 2 heterocycles. The molecule has 1 aliphatic rings. The minimum atomic E-state index is 0.579. The van der Waals surface area contributed by atoms with Crippen molar-refractivity contribution in [2.75, 3.05) is 45.2 Å². The molecule has 6 nitrogen and oxygen atoms in total. The van der Waals surface area contributed by atoms with Crippen LogP contribution < -0.4 is 15.0 Å². The number of aryl methyl sites for hydroxylation is 1. The van der Waals surface area contributed by atoms with Gasteiger partial charge in [0.1, 0.15) is 29.9 Å². The molecule has 4 rings (SSSR count). The second-order valence-corrected chi connectivity index (χ2v) is 7.27. The minimum Gasteiger partial charge on any atom is -0.490 e. The number of para-hydroxylation sites is 2. The standard InChI is InChI=1S/C22H28N4O2/c1-18-6-8-19(9-7-18)28-17-14-26-21-5-3-2-4-20(21)25(22(26)23)11-10-24-12-15-27-16-13-24/h2-9,23H,10-17H2,1H3/p+1. The Morgan fingerprint density at radius 1 is 1.04 bits per heavy atom. The van der Waals surface area contributed by atoms with Crippen LogP contribution in [0.4, 0.5) is 5.95 Å². The van der Waals surface area contributed by atoms with E-state index in [0.29, 0.717) is 13.2 Å². The van der Waals surface area contributed by atoms with E-state index in [-0.39, 0.29) is 0 Å². The number of nitrogens with two attached hydrogens (primary N) is 1. The molecule has 28 heavy (non-hydrogen) atoms. The van der Waals surface area contributed by atoms with Gasteiger partial charge in [0.2, 0.25) is 0 Å². The van der Waals surface area contributed by atoms with Crippen molar-refractivity contribution in [2.45, 2.75) is 20.0 Å². The third-order valence-corrected chi connectivity index (χ3v) is 5.36. The Hall–Kier alpha value is -2.57. The van der Waals surface area contributed by atoms with Crippen molar-refractivity contribution in [3.05, 3.63) is 54.1 Å². The van der Waals surface area contributed by atoms with Crippen LogP contribution in [-0.4, -0.2) is 48.9 Å². The second-order valence-electron chi connectivity index (χ2n) is 7.27. The monoisotopic (exact) mass is 381 g/mol. The third kappa shape index (κ3) is 4.13. The number of imidazole rings is 1. The molecule has 2 aromatic carbocycles. The highest BCUT2D eigenvalue weighted by atomic mass is 16.5. The van der Waals surface area contributed by atoms with Crippen molar-refractivity contribution in [3.63, 3.8) is 0 Å². The van der Waals surface area contributed by atoms with Gasteiger partial charge in [-0.15, -0.1) is 0 Å². The minimum absolute atomic E-state index is 0.579. The summed E-state index contributed by atoms with van der Waals surface area (Å²) in [5.74, 6) is 1.67. The first-order chi connectivity index (χ1) is 13.7. The zero-order valence-corrected chi connectivity index (χ0v) is 16.5. The number of nitrogens with zero attached hydrogens (tertiary/aromatic N) is 3. The summed E-state index contributed by atoms with van der Waals surface area (Å²) in [7, 11) is 0. The van der Waals surface area contributed by atoms with Gasteiger partial charge in [-0.25, -0.2) is 9.13 Å². The van der Waals surface area contributed by atoms with Crippen LogP contribution in [0, 0.1) is 6.92 Å². The van der Waals surface area contributed by atoms with Crippen molar-refractivity contribution >= 4 is 17.0 Å². The fourth-order valence-electron chi connectivity index (χ4n) is 3.74. The average molecular weight is 382 g/mol. The lowest BCUT2D eigenvalue weighted by Crippen LogP contribution is -2.45. The van der Waals surface area contributed by atoms with Crippen LogP contribution in [0.15, 0.2) is 48.5 Å². The van der Waals surface area contributed by atoms with Gasteiger partial charge in [-0.1, -0.05) is 29.8 Å². The number of hydrogen-bond donors (Lipinski definition) is 1. The average Bonchev–Trinajstić information content (AvgIpc) is 3.00. The molecular formula is C22H29N4O2+. The number of aromatic nitrogens is 2. The van der Waals surface area contributed by atoms with Crippen molar-refractivity contribution < 1.29 is 14.0 Å². The molecule has 0 atom stereocenters. The molecule has 0 unspecified atom stereocenters. The second kappa shape index (κ2) is 8.63. The highest BCUT2D eigenvalue weighted by molar-refractivity contribution is 5.73. The highest BCUT2D eigenvalue weighted by Gasteiger charge is 2.21. The van der Waals surface area contributed by atoms with Crippen molar-refractivity contribution in [1.82, 2.24) is 9.47 Å². The van der Waals surface area contributed by atoms with E-state index < -0.39 is 0 Å². The summed E-state index contributed by atoms with van der Waals surface area (Å²) in [6, 6.07) is 16.5. The van der Waals surface area contributed by atoms with E-state index in [9.17, 15) is 0 Å². The Bertz CT molecular complexity index is 914. The lowest BCUT2D eigenvalue weighted by atomic mass is 10.2. The molecule has 0 spiro atoms. The quantitative estimate of drug-likeness (QED) is 0.638. The maximum Gasteiger partial charge on any atom is 0.356 e. The molecule has 0 amide bonds. The largest absolute Gasteiger partial charge is 0.490 e. The molecule has 0 aliphatic carbocycles. The van der Waals surface area contributed by atoms with Gasteiger partial charge in [0.05, 0.1) is 19.8 Å².